The summed E-state index contributed by atoms with van der Waals surface area (Å²) in [5.41, 5.74) is 6.16. The van der Waals surface area contributed by atoms with Gasteiger partial charge in [0.15, 0.2) is 6.10 Å². The molecule has 0 amide bonds. The largest absolute Gasteiger partial charge is 0.481 e. The van der Waals surface area contributed by atoms with Crippen molar-refractivity contribution in [3.8, 4) is 0 Å². The molecule has 0 fully saturated rings. The number of hydrogen-bond acceptors (Lipinski definition) is 13. The third-order valence-electron chi connectivity index (χ3n) is 9.83. The minimum Gasteiger partial charge on any atom is -0.481 e. The van der Waals surface area contributed by atoms with Crippen LogP contribution in [-0.4, -0.2) is 105 Å². The molecular formula is C49H84NO13PS. The maximum Gasteiger partial charge on any atom is 0.472 e. The highest BCUT2D eigenvalue weighted by atomic mass is 32.2. The van der Waals surface area contributed by atoms with E-state index in [1.165, 1.54) is 50.3 Å². The number of allylic oxidation sites excluding steroid dienone is 11. The highest BCUT2D eigenvalue weighted by Crippen LogP contribution is 2.43. The van der Waals surface area contributed by atoms with Crippen LogP contribution in [0.15, 0.2) is 72.9 Å². The second-order valence-electron chi connectivity index (χ2n) is 16.0. The molecule has 0 aliphatic heterocycles. The smallest absolute Gasteiger partial charge is 0.472 e. The molecule has 0 radical (unpaired) electrons. The lowest BCUT2D eigenvalue weighted by atomic mass is 10.1. The molecule has 0 bridgehead atoms. The second-order valence-corrected chi connectivity index (χ2v) is 18.6. The zero-order valence-corrected chi connectivity index (χ0v) is 41.1. The molecule has 0 aromatic heterocycles. The molecule has 0 rings (SSSR count). The van der Waals surface area contributed by atoms with Gasteiger partial charge in [0.25, 0.3) is 0 Å². The summed E-state index contributed by atoms with van der Waals surface area (Å²) in [6, 6.07) is -1.18. The van der Waals surface area contributed by atoms with Gasteiger partial charge in [0.05, 0.1) is 25.9 Å². The minimum absolute atomic E-state index is 0.0139. The molecule has 65 heavy (non-hydrogen) atoms. The summed E-state index contributed by atoms with van der Waals surface area (Å²) in [4.78, 5) is 46.9. The molecule has 0 aliphatic carbocycles. The topological polar surface area (TPSA) is 232 Å². The van der Waals surface area contributed by atoms with Gasteiger partial charge >= 0.3 is 25.7 Å². The summed E-state index contributed by atoms with van der Waals surface area (Å²) in [6.45, 7) is 1.74. The summed E-state index contributed by atoms with van der Waals surface area (Å²) < 4.78 is 32.9. The quantitative estimate of drug-likeness (QED) is 0.0110. The average Bonchev–Trinajstić information content (AvgIpc) is 3.28. The van der Waals surface area contributed by atoms with Gasteiger partial charge in [-0.05, 0) is 70.6 Å². The number of aliphatic hydroxyl groups excluding tert-OH is 3. The van der Waals surface area contributed by atoms with Crippen LogP contribution in [0.3, 0.4) is 0 Å². The Morgan fingerprint density at radius 2 is 1.23 bits per heavy atom. The molecule has 0 saturated carbocycles. The molecule has 0 saturated heterocycles. The Labute approximate surface area is 394 Å². The van der Waals surface area contributed by atoms with E-state index in [1.807, 2.05) is 18.2 Å². The molecule has 14 nitrogen and oxygen atoms in total. The Morgan fingerprint density at radius 1 is 0.677 bits per heavy atom. The number of carboxylic acid groups (broad SMARTS) is 1. The predicted octanol–water partition coefficient (Wildman–Crippen LogP) is 9.76. The van der Waals surface area contributed by atoms with Crippen LogP contribution >= 0.6 is 19.6 Å². The van der Waals surface area contributed by atoms with Crippen molar-refractivity contribution in [1.29, 1.82) is 0 Å². The van der Waals surface area contributed by atoms with Crippen molar-refractivity contribution in [2.75, 3.05) is 32.2 Å². The van der Waals surface area contributed by atoms with Crippen LogP contribution in [-0.2, 0) is 37.5 Å². The van der Waals surface area contributed by atoms with Crippen molar-refractivity contribution >= 4 is 37.5 Å². The number of hydrogen-bond donors (Lipinski definition) is 6. The van der Waals surface area contributed by atoms with Crippen molar-refractivity contribution in [2.45, 2.75) is 185 Å². The standard InChI is InChI=1S/C49H84NO13PS/c1-3-5-7-9-11-13-15-17-18-19-20-21-23-25-27-29-31-36-48(56)63-43(40-62-64(58,59)61-38-42(52)37-51)39-60-49(57)44(50)41-65-46(45(53)33-32-35-47(54)55)34-30-28-26-24-22-16-14-12-10-8-6-4-2/h11-14,17-18,22,24,26,28,30,34,42-46,51-53H,3-10,15-16,19-21,23,25,27,29,31-33,35-41,50H2,1-2H3,(H,54,55)(H,58,59)/b13-11-,14-12-,18-17-,24-22-,28-26+,34-30+/t42-,43+,44-,45-,46+/m0/s1. The minimum atomic E-state index is -4.76. The summed E-state index contributed by atoms with van der Waals surface area (Å²) in [6.07, 6.45) is 40.4. The summed E-state index contributed by atoms with van der Waals surface area (Å²) in [5.74, 6) is -2.43. The lowest BCUT2D eigenvalue weighted by Crippen LogP contribution is -2.38. The fraction of sp³-hybridized carbons (Fsp3) is 0.694. The molecule has 0 aliphatic rings. The first-order valence-corrected chi connectivity index (χ1v) is 26.4. The van der Waals surface area contributed by atoms with Gasteiger partial charge in [-0.3, -0.25) is 23.4 Å². The maximum atomic E-state index is 13.0. The molecule has 0 aromatic rings. The zero-order chi connectivity index (χ0) is 48.2. The Bertz CT molecular complexity index is 1440. The number of unbranched alkanes of at least 4 members (excludes halogenated alkanes) is 13. The van der Waals surface area contributed by atoms with Gasteiger partial charge in [-0.1, -0.05) is 145 Å². The van der Waals surface area contributed by atoms with Crippen LogP contribution in [0.2, 0.25) is 0 Å². The first-order chi connectivity index (χ1) is 31.3. The van der Waals surface area contributed by atoms with E-state index in [-0.39, 0.29) is 31.4 Å². The van der Waals surface area contributed by atoms with Gasteiger partial charge in [0, 0.05) is 23.8 Å². The van der Waals surface area contributed by atoms with Crippen molar-refractivity contribution in [2.24, 2.45) is 5.73 Å². The number of carbonyl (C=O) groups excluding carboxylic acids is 2. The van der Waals surface area contributed by atoms with Crippen molar-refractivity contribution in [1.82, 2.24) is 0 Å². The third kappa shape index (κ3) is 41.1. The normalized spacial score (nSPS) is 15.7. The number of phosphoric ester groups is 1. The van der Waals surface area contributed by atoms with Gasteiger partial charge in [-0.25, -0.2) is 4.57 Å². The van der Waals surface area contributed by atoms with Crippen LogP contribution in [0, 0.1) is 0 Å². The van der Waals surface area contributed by atoms with Crippen molar-refractivity contribution in [3.05, 3.63) is 72.9 Å². The fourth-order valence-electron chi connectivity index (χ4n) is 5.99. The number of phosphoric acid groups is 1. The van der Waals surface area contributed by atoms with Crippen LogP contribution in [0.5, 0.6) is 0 Å². The Morgan fingerprint density at radius 3 is 1.83 bits per heavy atom. The number of carbonyl (C=O) groups is 3. The Kier molecular flexibility index (Phi) is 41.8. The average molecular weight is 958 g/mol. The first kappa shape index (κ1) is 62.1. The molecule has 16 heteroatoms. The number of thioether (sulfide) groups is 1. The molecular weight excluding hydrogens is 874 g/mol. The van der Waals surface area contributed by atoms with Gasteiger partial charge in [-0.15, -0.1) is 11.8 Å². The number of ether oxygens (including phenoxy) is 2. The van der Waals surface area contributed by atoms with E-state index in [9.17, 15) is 34.1 Å². The van der Waals surface area contributed by atoms with Crippen molar-refractivity contribution in [3.63, 3.8) is 0 Å². The lowest BCUT2D eigenvalue weighted by Gasteiger charge is -2.22. The number of aliphatic carboxylic acids is 1. The lowest BCUT2D eigenvalue weighted by molar-refractivity contribution is -0.161. The summed E-state index contributed by atoms with van der Waals surface area (Å²) in [7, 11) is -4.76. The van der Waals surface area contributed by atoms with Gasteiger partial charge in [-0.2, -0.15) is 0 Å². The van der Waals surface area contributed by atoms with Gasteiger partial charge < -0.3 is 40.5 Å². The number of esters is 2. The van der Waals surface area contributed by atoms with Gasteiger partial charge in [0.1, 0.15) is 18.8 Å². The van der Waals surface area contributed by atoms with Crippen LogP contribution in [0.4, 0.5) is 0 Å². The van der Waals surface area contributed by atoms with E-state index in [1.54, 1.807) is 18.2 Å². The van der Waals surface area contributed by atoms with Crippen molar-refractivity contribution < 1.29 is 62.8 Å². The molecule has 7 N–H and O–H groups in total. The number of carboxylic acids is 1. The highest BCUT2D eigenvalue weighted by molar-refractivity contribution is 8.00. The maximum absolute atomic E-state index is 13.0. The molecule has 0 heterocycles. The van der Waals surface area contributed by atoms with E-state index < -0.39 is 81.8 Å². The molecule has 0 aromatic carbocycles. The predicted molar refractivity (Wildman–Crippen MR) is 261 cm³/mol. The fourth-order valence-corrected chi connectivity index (χ4v) is 7.91. The van der Waals surface area contributed by atoms with E-state index >= 15 is 0 Å². The summed E-state index contributed by atoms with van der Waals surface area (Å²) >= 11 is 1.19. The van der Waals surface area contributed by atoms with Crippen LogP contribution in [0.25, 0.3) is 0 Å². The third-order valence-corrected chi connectivity index (χ3v) is 12.2. The Balaban J connectivity index is 5.14. The zero-order valence-electron chi connectivity index (χ0n) is 39.3. The summed E-state index contributed by atoms with van der Waals surface area (Å²) in [5, 5.41) is 37.9. The SMILES string of the molecule is CCCCC/C=C\C\C=C/C=C/C=C/[C@@H](SC[C@H](N)C(=O)OC[C@H](COP(=O)(O)OC[C@@H](O)CO)OC(=O)CCCCCCCCC/C=C\C/C=C\CCCCC)[C@@H](O)CCCC(=O)O. The second kappa shape index (κ2) is 43.7. The molecule has 0 spiro atoms. The number of aliphatic hydroxyl groups is 3. The van der Waals surface area contributed by atoms with Gasteiger partial charge in [0.2, 0.25) is 0 Å². The van der Waals surface area contributed by atoms with E-state index in [0.717, 1.165) is 70.6 Å². The van der Waals surface area contributed by atoms with E-state index in [2.05, 4.69) is 54.8 Å². The molecule has 6 atom stereocenters. The van der Waals surface area contributed by atoms with Crippen LogP contribution < -0.4 is 5.73 Å². The first-order valence-electron chi connectivity index (χ1n) is 23.8. The molecule has 1 unspecified atom stereocenters. The van der Waals surface area contributed by atoms with E-state index in [0.29, 0.717) is 6.42 Å². The number of rotatable bonds is 44. The Hall–Kier alpha value is -2.85. The monoisotopic (exact) mass is 958 g/mol. The highest BCUT2D eigenvalue weighted by Gasteiger charge is 2.28. The van der Waals surface area contributed by atoms with E-state index in [4.69, 9.17) is 29.9 Å². The molecule has 374 valence electrons. The van der Waals surface area contributed by atoms with Crippen LogP contribution in [0.1, 0.15) is 155 Å². The number of nitrogens with two attached hydrogens (primary N) is 1.